The summed E-state index contributed by atoms with van der Waals surface area (Å²) >= 11 is 7.53. The van der Waals surface area contributed by atoms with Crippen molar-refractivity contribution in [3.63, 3.8) is 0 Å². The van der Waals surface area contributed by atoms with Crippen molar-refractivity contribution in [3.05, 3.63) is 21.3 Å². The van der Waals surface area contributed by atoms with Gasteiger partial charge in [0.25, 0.3) is 0 Å². The first-order valence-electron chi connectivity index (χ1n) is 5.71. The molecule has 0 bridgehead atoms. The quantitative estimate of drug-likeness (QED) is 0.901. The predicted octanol–water partition coefficient (Wildman–Crippen LogP) is 3.23. The van der Waals surface area contributed by atoms with Crippen molar-refractivity contribution in [2.24, 2.45) is 5.73 Å². The summed E-state index contributed by atoms with van der Waals surface area (Å²) in [6.07, 6.45) is 5.50. The molecule has 1 aromatic heterocycles. The Morgan fingerprint density at radius 3 is 2.69 bits per heavy atom. The van der Waals surface area contributed by atoms with Crippen molar-refractivity contribution < 1.29 is 4.74 Å². The minimum atomic E-state index is -0.101. The third-order valence-electron chi connectivity index (χ3n) is 3.58. The molecule has 1 fully saturated rings. The van der Waals surface area contributed by atoms with E-state index in [-0.39, 0.29) is 11.6 Å². The van der Waals surface area contributed by atoms with Gasteiger partial charge in [0.2, 0.25) is 0 Å². The zero-order valence-corrected chi connectivity index (χ0v) is 11.1. The molecule has 0 radical (unpaired) electrons. The predicted molar refractivity (Wildman–Crippen MR) is 69.2 cm³/mol. The van der Waals surface area contributed by atoms with Crippen LogP contribution in [0.2, 0.25) is 4.34 Å². The molecule has 1 heterocycles. The summed E-state index contributed by atoms with van der Waals surface area (Å²) in [6, 6.07) is 4.07. The van der Waals surface area contributed by atoms with Crippen LogP contribution in [0.25, 0.3) is 0 Å². The fourth-order valence-electron chi connectivity index (χ4n) is 2.56. The van der Waals surface area contributed by atoms with Gasteiger partial charge in [-0.2, -0.15) is 0 Å². The Hall–Kier alpha value is -0.0900. The molecule has 0 saturated heterocycles. The average molecular weight is 260 g/mol. The zero-order valence-electron chi connectivity index (χ0n) is 9.54. The molecule has 2 rings (SSSR count). The van der Waals surface area contributed by atoms with Gasteiger partial charge in [0.15, 0.2) is 0 Å². The highest BCUT2D eigenvalue weighted by Crippen LogP contribution is 2.36. The Morgan fingerprint density at radius 1 is 1.50 bits per heavy atom. The van der Waals surface area contributed by atoms with E-state index in [4.69, 9.17) is 22.1 Å². The van der Waals surface area contributed by atoms with Gasteiger partial charge in [0.05, 0.1) is 9.94 Å². The van der Waals surface area contributed by atoms with Gasteiger partial charge < -0.3 is 10.5 Å². The van der Waals surface area contributed by atoms with Gasteiger partial charge in [-0.05, 0) is 31.4 Å². The maximum absolute atomic E-state index is 6.30. The molecule has 4 heteroatoms. The van der Waals surface area contributed by atoms with E-state index in [1.165, 1.54) is 17.7 Å². The molecule has 1 atom stereocenters. The van der Waals surface area contributed by atoms with E-state index in [0.717, 1.165) is 23.6 Å². The van der Waals surface area contributed by atoms with E-state index >= 15 is 0 Å². The van der Waals surface area contributed by atoms with Gasteiger partial charge in [-0.3, -0.25) is 0 Å². The van der Waals surface area contributed by atoms with Crippen molar-refractivity contribution in [3.8, 4) is 0 Å². The van der Waals surface area contributed by atoms with Crippen LogP contribution in [0, 0.1) is 0 Å². The highest BCUT2D eigenvalue weighted by atomic mass is 35.5. The van der Waals surface area contributed by atoms with E-state index < -0.39 is 0 Å². The maximum atomic E-state index is 6.30. The standard InChI is InChI=1S/C12H18ClNOS/c1-15-12(6-2-3-7-12)10(14)8-9-4-5-11(13)16-9/h4-5,10H,2-3,6-8,14H2,1H3. The van der Waals surface area contributed by atoms with Crippen molar-refractivity contribution in [2.75, 3.05) is 7.11 Å². The Labute approximate surface area is 106 Å². The van der Waals surface area contributed by atoms with Crippen LogP contribution in [-0.4, -0.2) is 18.8 Å². The lowest BCUT2D eigenvalue weighted by molar-refractivity contribution is -0.0251. The van der Waals surface area contributed by atoms with Crippen molar-refractivity contribution in [2.45, 2.75) is 43.7 Å². The SMILES string of the molecule is COC1(C(N)Cc2ccc(Cl)s2)CCCC1. The van der Waals surface area contributed by atoms with Gasteiger partial charge in [-0.1, -0.05) is 24.4 Å². The van der Waals surface area contributed by atoms with E-state index in [2.05, 4.69) is 6.07 Å². The first kappa shape index (κ1) is 12.4. The second kappa shape index (κ2) is 5.05. The average Bonchev–Trinajstić information content (AvgIpc) is 2.88. The number of methoxy groups -OCH3 is 1. The van der Waals surface area contributed by atoms with Crippen LogP contribution in [0.5, 0.6) is 0 Å². The third-order valence-corrected chi connectivity index (χ3v) is 4.84. The van der Waals surface area contributed by atoms with Crippen LogP contribution >= 0.6 is 22.9 Å². The topological polar surface area (TPSA) is 35.2 Å². The largest absolute Gasteiger partial charge is 0.377 e. The molecular formula is C12H18ClNOS. The van der Waals surface area contributed by atoms with Gasteiger partial charge in [-0.15, -0.1) is 11.3 Å². The molecule has 2 N–H and O–H groups in total. The number of nitrogens with two attached hydrogens (primary N) is 1. The van der Waals surface area contributed by atoms with Crippen molar-refractivity contribution in [1.82, 2.24) is 0 Å². The number of hydrogen-bond donors (Lipinski definition) is 1. The molecule has 0 aliphatic heterocycles. The van der Waals surface area contributed by atoms with E-state index in [9.17, 15) is 0 Å². The molecule has 90 valence electrons. The smallest absolute Gasteiger partial charge is 0.0931 e. The van der Waals surface area contributed by atoms with E-state index in [1.54, 1.807) is 18.4 Å². The Morgan fingerprint density at radius 2 is 2.19 bits per heavy atom. The van der Waals surface area contributed by atoms with Crippen LogP contribution in [-0.2, 0) is 11.2 Å². The van der Waals surface area contributed by atoms with Crippen LogP contribution in [0.15, 0.2) is 12.1 Å². The van der Waals surface area contributed by atoms with Crippen molar-refractivity contribution >= 4 is 22.9 Å². The number of halogens is 1. The molecule has 1 unspecified atom stereocenters. The zero-order chi connectivity index (χ0) is 11.6. The Bertz CT molecular complexity index is 347. The molecule has 1 aliphatic rings. The third kappa shape index (κ3) is 2.43. The summed E-state index contributed by atoms with van der Waals surface area (Å²) in [5.41, 5.74) is 6.20. The molecule has 0 spiro atoms. The van der Waals surface area contributed by atoms with E-state index in [0.29, 0.717) is 0 Å². The maximum Gasteiger partial charge on any atom is 0.0931 e. The fourth-order valence-corrected chi connectivity index (χ4v) is 3.71. The Kier molecular flexibility index (Phi) is 3.90. The van der Waals surface area contributed by atoms with E-state index in [1.807, 2.05) is 6.07 Å². The highest BCUT2D eigenvalue weighted by Gasteiger charge is 2.39. The van der Waals surface area contributed by atoms with Crippen LogP contribution in [0.3, 0.4) is 0 Å². The lowest BCUT2D eigenvalue weighted by Gasteiger charge is -2.33. The number of rotatable bonds is 4. The summed E-state index contributed by atoms with van der Waals surface area (Å²) in [6.45, 7) is 0. The molecule has 2 nitrogen and oxygen atoms in total. The summed E-state index contributed by atoms with van der Waals surface area (Å²) < 4.78 is 6.52. The molecule has 1 aromatic rings. The van der Waals surface area contributed by atoms with Gasteiger partial charge in [0, 0.05) is 18.0 Å². The van der Waals surface area contributed by atoms with Gasteiger partial charge in [0.1, 0.15) is 0 Å². The lowest BCUT2D eigenvalue weighted by Crippen LogP contribution is -2.48. The lowest BCUT2D eigenvalue weighted by atomic mass is 9.90. The molecule has 16 heavy (non-hydrogen) atoms. The monoisotopic (exact) mass is 259 g/mol. The molecule has 0 amide bonds. The van der Waals surface area contributed by atoms with Gasteiger partial charge in [-0.25, -0.2) is 0 Å². The molecular weight excluding hydrogens is 242 g/mol. The number of thiophene rings is 1. The molecule has 0 aromatic carbocycles. The summed E-state index contributed by atoms with van der Waals surface area (Å²) in [5.74, 6) is 0. The second-order valence-corrected chi connectivity index (χ2v) is 6.29. The number of hydrogen-bond acceptors (Lipinski definition) is 3. The van der Waals surface area contributed by atoms with Gasteiger partial charge >= 0.3 is 0 Å². The first-order valence-corrected chi connectivity index (χ1v) is 6.91. The minimum Gasteiger partial charge on any atom is -0.377 e. The summed E-state index contributed by atoms with van der Waals surface area (Å²) in [4.78, 5) is 1.25. The minimum absolute atomic E-state index is 0.0784. The Balaban J connectivity index is 2.03. The normalized spacial score (nSPS) is 21.2. The summed E-state index contributed by atoms with van der Waals surface area (Å²) in [7, 11) is 1.78. The summed E-state index contributed by atoms with van der Waals surface area (Å²) in [5, 5.41) is 0. The highest BCUT2D eigenvalue weighted by molar-refractivity contribution is 7.16. The van der Waals surface area contributed by atoms with Crippen LogP contribution in [0.4, 0.5) is 0 Å². The van der Waals surface area contributed by atoms with Crippen LogP contribution in [0.1, 0.15) is 30.6 Å². The fraction of sp³-hybridized carbons (Fsp3) is 0.667. The van der Waals surface area contributed by atoms with Crippen molar-refractivity contribution in [1.29, 1.82) is 0 Å². The van der Waals surface area contributed by atoms with Crippen LogP contribution < -0.4 is 5.73 Å². The molecule has 1 aliphatic carbocycles. The molecule has 1 saturated carbocycles. The second-order valence-electron chi connectivity index (χ2n) is 4.49. The first-order chi connectivity index (χ1) is 7.66. The number of ether oxygens (including phenoxy) is 1.